The number of anilines is 1. The van der Waals surface area contributed by atoms with Crippen molar-refractivity contribution in [2.45, 2.75) is 55.1 Å². The highest BCUT2D eigenvalue weighted by molar-refractivity contribution is 7.99. The van der Waals surface area contributed by atoms with E-state index in [-0.39, 0.29) is 5.60 Å². The van der Waals surface area contributed by atoms with Crippen LogP contribution in [0.25, 0.3) is 0 Å². The Hall–Kier alpha value is -0.670. The zero-order valence-electron chi connectivity index (χ0n) is 10.7. The van der Waals surface area contributed by atoms with Crippen LogP contribution in [-0.4, -0.2) is 17.5 Å². The number of para-hydroxylation sites is 1. The monoisotopic (exact) mass is 263 g/mol. The molecule has 1 aromatic rings. The average molecular weight is 263 g/mol. The first-order valence-corrected chi connectivity index (χ1v) is 7.91. The predicted octanol–water partition coefficient (Wildman–Crippen LogP) is 3.85. The van der Waals surface area contributed by atoms with Crippen molar-refractivity contribution in [2.75, 3.05) is 11.5 Å². The smallest absolute Gasteiger partial charge is 0.0687 e. The first-order chi connectivity index (χ1) is 8.77. The van der Waals surface area contributed by atoms with Gasteiger partial charge in [0.25, 0.3) is 0 Å². The van der Waals surface area contributed by atoms with E-state index in [9.17, 15) is 0 Å². The molecule has 18 heavy (non-hydrogen) atoms. The van der Waals surface area contributed by atoms with E-state index >= 15 is 0 Å². The highest BCUT2D eigenvalue weighted by Gasteiger charge is 2.41. The summed E-state index contributed by atoms with van der Waals surface area (Å²) >= 11 is 1.84. The summed E-state index contributed by atoms with van der Waals surface area (Å²) in [5.74, 6) is 1.04. The van der Waals surface area contributed by atoms with E-state index in [1.54, 1.807) is 0 Å². The molecule has 3 heteroatoms. The SMILES string of the molecule is Nc1ccccc1SCC1CCC2(CCCC2)O1. The van der Waals surface area contributed by atoms with Crippen LogP contribution in [-0.2, 0) is 4.74 Å². The van der Waals surface area contributed by atoms with Gasteiger partial charge in [0.2, 0.25) is 0 Å². The molecule has 0 aromatic heterocycles. The van der Waals surface area contributed by atoms with Gasteiger partial charge in [0.1, 0.15) is 0 Å². The molecule has 1 unspecified atom stereocenters. The molecule has 0 bridgehead atoms. The van der Waals surface area contributed by atoms with Crippen molar-refractivity contribution >= 4 is 17.4 Å². The molecule has 1 saturated heterocycles. The predicted molar refractivity (Wildman–Crippen MR) is 76.9 cm³/mol. The second-order valence-electron chi connectivity index (χ2n) is 5.52. The van der Waals surface area contributed by atoms with Crippen molar-refractivity contribution < 1.29 is 4.74 Å². The maximum Gasteiger partial charge on any atom is 0.0687 e. The Balaban J connectivity index is 1.54. The number of ether oxygens (including phenoxy) is 1. The number of hydrogen-bond acceptors (Lipinski definition) is 3. The van der Waals surface area contributed by atoms with E-state index in [0.717, 1.165) is 11.4 Å². The van der Waals surface area contributed by atoms with Crippen LogP contribution in [0.5, 0.6) is 0 Å². The van der Waals surface area contributed by atoms with Crippen molar-refractivity contribution in [1.29, 1.82) is 0 Å². The van der Waals surface area contributed by atoms with E-state index in [1.165, 1.54) is 43.4 Å². The Bertz CT molecular complexity index is 415. The van der Waals surface area contributed by atoms with Crippen LogP contribution in [0.1, 0.15) is 38.5 Å². The summed E-state index contributed by atoms with van der Waals surface area (Å²) in [6.45, 7) is 0. The van der Waals surface area contributed by atoms with E-state index in [1.807, 2.05) is 30.0 Å². The third-order valence-corrected chi connectivity index (χ3v) is 5.42. The molecular weight excluding hydrogens is 242 g/mol. The fourth-order valence-electron chi connectivity index (χ4n) is 3.19. The van der Waals surface area contributed by atoms with Crippen molar-refractivity contribution in [1.82, 2.24) is 0 Å². The third kappa shape index (κ3) is 2.52. The molecule has 1 saturated carbocycles. The normalized spacial score (nSPS) is 25.9. The van der Waals surface area contributed by atoms with Gasteiger partial charge in [-0.15, -0.1) is 11.8 Å². The van der Waals surface area contributed by atoms with E-state index in [2.05, 4.69) is 6.07 Å². The van der Waals surface area contributed by atoms with E-state index < -0.39 is 0 Å². The number of nitrogen functional groups attached to an aromatic ring is 1. The highest BCUT2D eigenvalue weighted by atomic mass is 32.2. The summed E-state index contributed by atoms with van der Waals surface area (Å²) in [5, 5.41) is 0. The van der Waals surface area contributed by atoms with Crippen LogP contribution in [0.4, 0.5) is 5.69 Å². The van der Waals surface area contributed by atoms with Crippen LogP contribution in [0.15, 0.2) is 29.2 Å². The molecule has 2 fully saturated rings. The van der Waals surface area contributed by atoms with Crippen LogP contribution in [0, 0.1) is 0 Å². The summed E-state index contributed by atoms with van der Waals surface area (Å²) in [7, 11) is 0. The van der Waals surface area contributed by atoms with E-state index in [4.69, 9.17) is 10.5 Å². The molecule has 2 nitrogen and oxygen atoms in total. The minimum atomic E-state index is 0.257. The van der Waals surface area contributed by atoms with Crippen LogP contribution in [0.2, 0.25) is 0 Å². The average Bonchev–Trinajstić information content (AvgIpc) is 3.00. The molecule has 0 amide bonds. The van der Waals surface area contributed by atoms with Gasteiger partial charge in [-0.1, -0.05) is 25.0 Å². The van der Waals surface area contributed by atoms with Crippen molar-refractivity contribution in [3.63, 3.8) is 0 Å². The van der Waals surface area contributed by atoms with Gasteiger partial charge in [-0.05, 0) is 37.8 Å². The molecule has 3 rings (SSSR count). The number of nitrogens with two attached hydrogens (primary N) is 1. The van der Waals surface area contributed by atoms with Crippen LogP contribution >= 0.6 is 11.8 Å². The molecule has 1 aliphatic heterocycles. The Morgan fingerprint density at radius 1 is 1.22 bits per heavy atom. The largest absolute Gasteiger partial charge is 0.398 e. The summed E-state index contributed by atoms with van der Waals surface area (Å²) < 4.78 is 6.31. The van der Waals surface area contributed by atoms with Gasteiger partial charge in [-0.2, -0.15) is 0 Å². The molecule has 1 aliphatic carbocycles. The minimum Gasteiger partial charge on any atom is -0.398 e. The van der Waals surface area contributed by atoms with Crippen LogP contribution in [0.3, 0.4) is 0 Å². The summed E-state index contributed by atoms with van der Waals surface area (Å²) in [4.78, 5) is 1.19. The Morgan fingerprint density at radius 2 is 2.00 bits per heavy atom. The first-order valence-electron chi connectivity index (χ1n) is 6.93. The van der Waals surface area contributed by atoms with Gasteiger partial charge in [0.15, 0.2) is 0 Å². The van der Waals surface area contributed by atoms with Crippen molar-refractivity contribution in [3.8, 4) is 0 Å². The quantitative estimate of drug-likeness (QED) is 0.664. The number of thioether (sulfide) groups is 1. The minimum absolute atomic E-state index is 0.257. The second kappa shape index (κ2) is 5.14. The Morgan fingerprint density at radius 3 is 2.78 bits per heavy atom. The summed E-state index contributed by atoms with van der Waals surface area (Å²) in [6, 6.07) is 8.10. The number of benzene rings is 1. The van der Waals surface area contributed by atoms with Gasteiger partial charge in [0, 0.05) is 16.3 Å². The fraction of sp³-hybridized carbons (Fsp3) is 0.600. The third-order valence-electron chi connectivity index (χ3n) is 4.20. The molecule has 2 N–H and O–H groups in total. The molecule has 1 spiro atoms. The maximum atomic E-state index is 6.31. The second-order valence-corrected chi connectivity index (χ2v) is 6.58. The lowest BCUT2D eigenvalue weighted by molar-refractivity contribution is -0.0267. The van der Waals surface area contributed by atoms with Gasteiger partial charge >= 0.3 is 0 Å². The molecule has 1 atom stereocenters. The van der Waals surface area contributed by atoms with Crippen LogP contribution < -0.4 is 5.73 Å². The standard InChI is InChI=1S/C15H21NOS/c16-13-5-1-2-6-14(13)18-11-12-7-10-15(17-12)8-3-4-9-15/h1-2,5-6,12H,3-4,7-11,16H2. The zero-order chi connectivity index (χ0) is 12.4. The molecule has 1 heterocycles. The summed E-state index contributed by atoms with van der Waals surface area (Å²) in [6.07, 6.45) is 8.18. The van der Waals surface area contributed by atoms with Gasteiger partial charge in [-0.3, -0.25) is 0 Å². The number of rotatable bonds is 3. The molecule has 0 radical (unpaired) electrons. The zero-order valence-corrected chi connectivity index (χ0v) is 11.5. The van der Waals surface area contributed by atoms with Gasteiger partial charge in [0.05, 0.1) is 11.7 Å². The molecule has 98 valence electrons. The van der Waals surface area contributed by atoms with Crippen molar-refractivity contribution in [2.24, 2.45) is 0 Å². The first kappa shape index (κ1) is 12.4. The van der Waals surface area contributed by atoms with Gasteiger partial charge < -0.3 is 10.5 Å². The van der Waals surface area contributed by atoms with E-state index in [0.29, 0.717) is 6.10 Å². The molecular formula is C15H21NOS. The maximum absolute atomic E-state index is 6.31. The number of hydrogen-bond donors (Lipinski definition) is 1. The van der Waals surface area contributed by atoms with Crippen molar-refractivity contribution in [3.05, 3.63) is 24.3 Å². The lowest BCUT2D eigenvalue weighted by atomic mass is 9.98. The Kier molecular flexibility index (Phi) is 3.53. The summed E-state index contributed by atoms with van der Waals surface area (Å²) in [5.41, 5.74) is 7.10. The topological polar surface area (TPSA) is 35.2 Å². The lowest BCUT2D eigenvalue weighted by Gasteiger charge is -2.23. The van der Waals surface area contributed by atoms with Gasteiger partial charge in [-0.25, -0.2) is 0 Å². The highest BCUT2D eigenvalue weighted by Crippen LogP contribution is 2.44. The molecule has 1 aromatic carbocycles. The Labute approximate surface area is 113 Å². The molecule has 2 aliphatic rings. The fourth-order valence-corrected chi connectivity index (χ4v) is 4.20. The lowest BCUT2D eigenvalue weighted by Crippen LogP contribution is -2.25.